The quantitative estimate of drug-likeness (QED) is 0.891. The third-order valence-electron chi connectivity index (χ3n) is 2.88. The maximum absolute atomic E-state index is 11.7. The van der Waals surface area contributed by atoms with Crippen molar-refractivity contribution in [1.82, 2.24) is 0 Å². The summed E-state index contributed by atoms with van der Waals surface area (Å²) >= 11 is 0. The summed E-state index contributed by atoms with van der Waals surface area (Å²) in [6.07, 6.45) is -0.622. The number of hydrogen-bond donors (Lipinski definition) is 1. The molecule has 98 valence electrons. The van der Waals surface area contributed by atoms with Crippen LogP contribution in [0.2, 0.25) is 0 Å². The number of carbonyl (C=O) groups excluding carboxylic acids is 1. The van der Waals surface area contributed by atoms with Gasteiger partial charge in [0.1, 0.15) is 6.07 Å². The van der Waals surface area contributed by atoms with Crippen molar-refractivity contribution in [2.45, 2.75) is 6.42 Å². The number of carboxylic acids is 1. The summed E-state index contributed by atoms with van der Waals surface area (Å²) < 4.78 is 4.97. The number of rotatable bonds is 3. The minimum absolute atomic E-state index is 0.0709. The summed E-state index contributed by atoms with van der Waals surface area (Å²) in [6.45, 7) is 0.334. The van der Waals surface area contributed by atoms with Crippen LogP contribution in [0, 0.1) is 17.2 Å². The molecule has 6 nitrogen and oxygen atoms in total. The van der Waals surface area contributed by atoms with Gasteiger partial charge in [-0.3, -0.25) is 9.69 Å². The van der Waals surface area contributed by atoms with E-state index in [9.17, 15) is 9.59 Å². The molecule has 1 unspecified atom stereocenters. The molecule has 0 aromatic heterocycles. The number of benzene rings is 1. The molecule has 0 radical (unpaired) electrons. The van der Waals surface area contributed by atoms with Crippen LogP contribution in [0.4, 0.5) is 10.5 Å². The lowest BCUT2D eigenvalue weighted by Gasteiger charge is -2.31. The topological polar surface area (TPSA) is 90.6 Å². The molecule has 1 aromatic rings. The average molecular weight is 260 g/mol. The van der Waals surface area contributed by atoms with E-state index < -0.39 is 12.1 Å². The Balaban J connectivity index is 2.24. The SMILES string of the molecule is N#Cc1ccccc1N1CC(CC(=O)O)COC1=O. The molecule has 0 spiro atoms. The Morgan fingerprint density at radius 2 is 2.26 bits per heavy atom. The standard InChI is InChI=1S/C13H12N2O4/c14-6-10-3-1-2-4-11(10)15-7-9(5-12(16)17)8-19-13(15)18/h1-4,9H,5,7-8H2,(H,16,17). The van der Waals surface area contributed by atoms with Crippen LogP contribution in [-0.2, 0) is 9.53 Å². The largest absolute Gasteiger partial charge is 0.481 e. The van der Waals surface area contributed by atoms with Crippen molar-refractivity contribution in [2.24, 2.45) is 5.92 Å². The fraction of sp³-hybridized carbons (Fsp3) is 0.308. The molecule has 1 fully saturated rings. The van der Waals surface area contributed by atoms with E-state index in [4.69, 9.17) is 15.1 Å². The van der Waals surface area contributed by atoms with Gasteiger partial charge in [0.15, 0.2) is 0 Å². The molecule has 19 heavy (non-hydrogen) atoms. The summed E-state index contributed by atoms with van der Waals surface area (Å²) in [6, 6.07) is 8.66. The van der Waals surface area contributed by atoms with Gasteiger partial charge in [-0.25, -0.2) is 4.79 Å². The molecule has 1 atom stereocenters. The number of para-hydroxylation sites is 1. The Morgan fingerprint density at radius 1 is 1.53 bits per heavy atom. The lowest BCUT2D eigenvalue weighted by molar-refractivity contribution is -0.138. The van der Waals surface area contributed by atoms with Crippen LogP contribution in [0.1, 0.15) is 12.0 Å². The first-order chi connectivity index (χ1) is 9.11. The van der Waals surface area contributed by atoms with Crippen LogP contribution in [-0.4, -0.2) is 30.3 Å². The summed E-state index contributed by atoms with van der Waals surface area (Å²) in [7, 11) is 0. The normalized spacial score (nSPS) is 18.6. The Morgan fingerprint density at radius 3 is 2.95 bits per heavy atom. The Bertz CT molecular complexity index is 550. The number of aliphatic carboxylic acids is 1. The number of carboxylic acid groups (broad SMARTS) is 1. The maximum Gasteiger partial charge on any atom is 0.414 e. The van der Waals surface area contributed by atoms with Gasteiger partial charge in [-0.15, -0.1) is 0 Å². The highest BCUT2D eigenvalue weighted by Gasteiger charge is 2.30. The predicted molar refractivity (Wildman–Crippen MR) is 65.6 cm³/mol. The van der Waals surface area contributed by atoms with E-state index in [0.717, 1.165) is 0 Å². The van der Waals surface area contributed by atoms with Crippen molar-refractivity contribution >= 4 is 17.7 Å². The Kier molecular flexibility index (Phi) is 3.66. The molecule has 1 saturated heterocycles. The third-order valence-corrected chi connectivity index (χ3v) is 2.88. The van der Waals surface area contributed by atoms with E-state index in [1.54, 1.807) is 24.3 Å². The minimum atomic E-state index is -0.934. The van der Waals surface area contributed by atoms with Gasteiger partial charge in [-0.2, -0.15) is 5.26 Å². The molecule has 1 aliphatic heterocycles. The summed E-state index contributed by atoms with van der Waals surface area (Å²) in [5.74, 6) is -1.21. The molecule has 1 aliphatic rings. The number of ether oxygens (including phenoxy) is 1. The van der Waals surface area contributed by atoms with Gasteiger partial charge in [0.25, 0.3) is 0 Å². The Labute approximate surface area is 109 Å². The van der Waals surface area contributed by atoms with Crippen molar-refractivity contribution in [3.05, 3.63) is 29.8 Å². The van der Waals surface area contributed by atoms with E-state index in [1.165, 1.54) is 4.90 Å². The van der Waals surface area contributed by atoms with Gasteiger partial charge in [-0.1, -0.05) is 12.1 Å². The number of anilines is 1. The van der Waals surface area contributed by atoms with E-state index in [-0.39, 0.29) is 25.5 Å². The molecule has 0 bridgehead atoms. The fourth-order valence-electron chi connectivity index (χ4n) is 2.02. The van der Waals surface area contributed by atoms with Gasteiger partial charge in [-0.05, 0) is 12.1 Å². The third kappa shape index (κ3) is 2.83. The average Bonchev–Trinajstić information content (AvgIpc) is 2.40. The first-order valence-corrected chi connectivity index (χ1v) is 5.77. The van der Waals surface area contributed by atoms with Crippen LogP contribution in [0.25, 0.3) is 0 Å². The highest BCUT2D eigenvalue weighted by molar-refractivity contribution is 5.90. The van der Waals surface area contributed by atoms with Crippen LogP contribution in [0.15, 0.2) is 24.3 Å². The monoisotopic (exact) mass is 260 g/mol. The van der Waals surface area contributed by atoms with E-state index in [1.807, 2.05) is 6.07 Å². The lowest BCUT2D eigenvalue weighted by Crippen LogP contribution is -2.44. The van der Waals surface area contributed by atoms with Crippen LogP contribution < -0.4 is 4.90 Å². The first kappa shape index (κ1) is 12.9. The molecular weight excluding hydrogens is 248 g/mol. The van der Waals surface area contributed by atoms with Crippen molar-refractivity contribution in [1.29, 1.82) is 5.26 Å². The zero-order chi connectivity index (χ0) is 13.8. The van der Waals surface area contributed by atoms with E-state index in [0.29, 0.717) is 11.3 Å². The minimum Gasteiger partial charge on any atom is -0.481 e. The molecule has 0 aliphatic carbocycles. The summed E-state index contributed by atoms with van der Waals surface area (Å²) in [5.41, 5.74) is 0.806. The lowest BCUT2D eigenvalue weighted by atomic mass is 10.0. The van der Waals surface area contributed by atoms with Crippen molar-refractivity contribution in [3.8, 4) is 6.07 Å². The van der Waals surface area contributed by atoms with Gasteiger partial charge >= 0.3 is 12.1 Å². The summed E-state index contributed by atoms with van der Waals surface area (Å²) in [5, 5.41) is 17.8. The van der Waals surface area contributed by atoms with Crippen LogP contribution in [0.5, 0.6) is 0 Å². The highest BCUT2D eigenvalue weighted by Crippen LogP contribution is 2.25. The number of amides is 1. The Hall–Kier alpha value is -2.55. The molecule has 0 saturated carbocycles. The molecule has 1 heterocycles. The predicted octanol–water partition coefficient (Wildman–Crippen LogP) is 1.61. The maximum atomic E-state index is 11.7. The van der Waals surface area contributed by atoms with Gasteiger partial charge < -0.3 is 9.84 Å². The molecule has 1 amide bonds. The van der Waals surface area contributed by atoms with Gasteiger partial charge in [0.05, 0.1) is 24.3 Å². The molecular formula is C13H12N2O4. The number of hydrogen-bond acceptors (Lipinski definition) is 4. The second-order valence-electron chi connectivity index (χ2n) is 4.28. The first-order valence-electron chi connectivity index (χ1n) is 5.77. The molecule has 1 aromatic carbocycles. The highest BCUT2D eigenvalue weighted by atomic mass is 16.6. The van der Waals surface area contributed by atoms with Crippen LogP contribution >= 0.6 is 0 Å². The summed E-state index contributed by atoms with van der Waals surface area (Å²) in [4.78, 5) is 23.8. The number of cyclic esters (lactones) is 1. The molecule has 2 rings (SSSR count). The number of nitriles is 1. The number of carbonyl (C=O) groups is 2. The smallest absolute Gasteiger partial charge is 0.414 e. The van der Waals surface area contributed by atoms with Crippen molar-refractivity contribution < 1.29 is 19.4 Å². The second kappa shape index (κ2) is 5.40. The van der Waals surface area contributed by atoms with Crippen molar-refractivity contribution in [3.63, 3.8) is 0 Å². The zero-order valence-electron chi connectivity index (χ0n) is 10.1. The van der Waals surface area contributed by atoms with Crippen LogP contribution in [0.3, 0.4) is 0 Å². The molecule has 6 heteroatoms. The zero-order valence-corrected chi connectivity index (χ0v) is 10.1. The number of nitrogens with zero attached hydrogens (tertiary/aromatic N) is 2. The van der Waals surface area contributed by atoms with E-state index >= 15 is 0 Å². The fourth-order valence-corrected chi connectivity index (χ4v) is 2.02. The molecule has 1 N–H and O–H groups in total. The van der Waals surface area contributed by atoms with E-state index in [2.05, 4.69) is 0 Å². The van der Waals surface area contributed by atoms with Gasteiger partial charge in [0.2, 0.25) is 0 Å². The van der Waals surface area contributed by atoms with Crippen molar-refractivity contribution in [2.75, 3.05) is 18.1 Å². The second-order valence-corrected chi connectivity index (χ2v) is 4.28. The van der Waals surface area contributed by atoms with Gasteiger partial charge in [0, 0.05) is 12.5 Å².